The van der Waals surface area contributed by atoms with E-state index in [1.54, 1.807) is 42.5 Å². The van der Waals surface area contributed by atoms with Gasteiger partial charge < -0.3 is 9.72 Å². The summed E-state index contributed by atoms with van der Waals surface area (Å²) in [5.74, 6) is -0.554. The molecule has 4 aromatic carbocycles. The highest BCUT2D eigenvalue weighted by Gasteiger charge is 2.19. The lowest BCUT2D eigenvalue weighted by Gasteiger charge is -2.08. The number of para-hydroxylation sites is 1. The molecule has 5 aromatic rings. The minimum absolute atomic E-state index is 0.320. The number of H-pyrrole nitrogens is 1. The van der Waals surface area contributed by atoms with Crippen LogP contribution in [0.15, 0.2) is 113 Å². The molecule has 5 rings (SSSR count). The van der Waals surface area contributed by atoms with Crippen molar-refractivity contribution in [3.63, 3.8) is 0 Å². The Morgan fingerprint density at radius 3 is 2.33 bits per heavy atom. The number of nitrogens with one attached hydrogen (secondary N) is 2. The average Bonchev–Trinajstić information content (AvgIpc) is 3.31. The number of benzene rings is 4. The first kappa shape index (κ1) is 23.3. The summed E-state index contributed by atoms with van der Waals surface area (Å²) in [5.41, 5.74) is 6.54. The summed E-state index contributed by atoms with van der Waals surface area (Å²) >= 11 is 3.43. The Bertz CT molecular complexity index is 1580. The molecule has 0 bridgehead atoms. The maximum Gasteiger partial charge on any atom is 0.343 e. The van der Waals surface area contributed by atoms with Crippen molar-refractivity contribution in [2.24, 2.45) is 5.10 Å². The van der Waals surface area contributed by atoms with E-state index in [9.17, 15) is 9.59 Å². The van der Waals surface area contributed by atoms with Crippen LogP contribution in [0.5, 0.6) is 5.75 Å². The molecule has 0 saturated heterocycles. The highest BCUT2D eigenvalue weighted by Crippen LogP contribution is 2.32. The smallest absolute Gasteiger partial charge is 0.343 e. The van der Waals surface area contributed by atoms with Gasteiger partial charge in [-0.15, -0.1) is 0 Å². The van der Waals surface area contributed by atoms with Gasteiger partial charge in [0.05, 0.1) is 11.8 Å². The van der Waals surface area contributed by atoms with Crippen LogP contribution in [0.2, 0.25) is 0 Å². The second-order valence-electron chi connectivity index (χ2n) is 7.92. The topological polar surface area (TPSA) is 83.5 Å². The monoisotopic (exact) mass is 537 g/mol. The third-order valence-electron chi connectivity index (χ3n) is 5.55. The summed E-state index contributed by atoms with van der Waals surface area (Å²) in [4.78, 5) is 28.9. The summed E-state index contributed by atoms with van der Waals surface area (Å²) in [6.45, 7) is 0. The number of carbonyl (C=O) groups excluding carboxylic acids is 2. The largest absolute Gasteiger partial charge is 0.422 e. The number of nitrogens with zero attached hydrogens (tertiary/aromatic N) is 1. The van der Waals surface area contributed by atoms with E-state index in [0.717, 1.165) is 26.5 Å². The predicted molar refractivity (Wildman–Crippen MR) is 144 cm³/mol. The number of esters is 1. The second-order valence-corrected chi connectivity index (χ2v) is 8.84. The third-order valence-corrected chi connectivity index (χ3v) is 6.04. The minimum Gasteiger partial charge on any atom is -0.422 e. The molecule has 1 aromatic heterocycles. The molecule has 176 valence electrons. The number of fused-ring (bicyclic) bond motifs is 1. The number of hydrogen-bond donors (Lipinski definition) is 2. The Labute approximate surface area is 215 Å². The minimum atomic E-state index is -0.484. The van der Waals surface area contributed by atoms with E-state index in [2.05, 4.69) is 31.4 Å². The second kappa shape index (κ2) is 10.4. The molecular weight excluding hydrogens is 518 g/mol. The molecule has 1 amide bonds. The molecule has 0 fully saturated rings. The highest BCUT2D eigenvalue weighted by atomic mass is 79.9. The molecule has 7 heteroatoms. The average molecular weight is 538 g/mol. The number of carbonyl (C=O) groups is 2. The molecular formula is C29H20BrN3O3. The van der Waals surface area contributed by atoms with Gasteiger partial charge in [0, 0.05) is 26.5 Å². The maximum absolute atomic E-state index is 13.2. The lowest BCUT2D eigenvalue weighted by molar-refractivity contribution is 0.0734. The number of hydrogen-bond acceptors (Lipinski definition) is 4. The van der Waals surface area contributed by atoms with Crippen LogP contribution in [0.3, 0.4) is 0 Å². The molecule has 2 N–H and O–H groups in total. The molecule has 0 aliphatic rings. The molecule has 0 aliphatic carbocycles. The van der Waals surface area contributed by atoms with Crippen LogP contribution in [-0.2, 0) is 0 Å². The van der Waals surface area contributed by atoms with Gasteiger partial charge in [0.2, 0.25) is 0 Å². The van der Waals surface area contributed by atoms with Crippen LogP contribution < -0.4 is 10.2 Å². The quantitative estimate of drug-likeness (QED) is 0.111. The van der Waals surface area contributed by atoms with E-state index in [1.807, 2.05) is 60.7 Å². The van der Waals surface area contributed by atoms with Gasteiger partial charge in [0.15, 0.2) is 0 Å². The zero-order valence-corrected chi connectivity index (χ0v) is 20.5. The normalized spacial score (nSPS) is 11.0. The molecule has 0 aliphatic heterocycles. The van der Waals surface area contributed by atoms with Gasteiger partial charge in [-0.2, -0.15) is 5.10 Å². The number of halogens is 1. The summed E-state index contributed by atoms with van der Waals surface area (Å²) < 4.78 is 6.35. The van der Waals surface area contributed by atoms with Gasteiger partial charge >= 0.3 is 5.97 Å². The summed E-state index contributed by atoms with van der Waals surface area (Å²) in [5, 5.41) is 5.09. The van der Waals surface area contributed by atoms with Crippen LogP contribution in [-0.4, -0.2) is 23.1 Å². The Morgan fingerprint density at radius 1 is 0.861 bits per heavy atom. The lowest BCUT2D eigenvalue weighted by atomic mass is 10.0. The molecule has 6 nitrogen and oxygen atoms in total. The first-order chi connectivity index (χ1) is 17.6. The SMILES string of the molecule is O=C(Oc1ccc(Br)cc1C=NNC(=O)c1[nH]c2ccccc2c1-c1ccccc1)c1ccccc1. The van der Waals surface area contributed by atoms with Gasteiger partial charge in [0.25, 0.3) is 5.91 Å². The molecule has 1 heterocycles. The number of aromatic amines is 1. The fourth-order valence-corrected chi connectivity index (χ4v) is 4.26. The van der Waals surface area contributed by atoms with Gasteiger partial charge in [-0.25, -0.2) is 10.2 Å². The van der Waals surface area contributed by atoms with E-state index in [-0.39, 0.29) is 5.91 Å². The molecule has 0 atom stereocenters. The van der Waals surface area contributed by atoms with E-state index in [4.69, 9.17) is 4.74 Å². The fraction of sp³-hybridized carbons (Fsp3) is 0. The number of rotatable bonds is 6. The van der Waals surface area contributed by atoms with Crippen molar-refractivity contribution < 1.29 is 14.3 Å². The van der Waals surface area contributed by atoms with Gasteiger partial charge in [-0.3, -0.25) is 4.79 Å². The Balaban J connectivity index is 1.40. The van der Waals surface area contributed by atoms with E-state index in [1.165, 1.54) is 6.21 Å². The maximum atomic E-state index is 13.2. The third kappa shape index (κ3) is 4.96. The van der Waals surface area contributed by atoms with Crippen molar-refractivity contribution in [2.75, 3.05) is 0 Å². The number of aromatic nitrogens is 1. The van der Waals surface area contributed by atoms with Crippen molar-refractivity contribution >= 4 is 44.9 Å². The van der Waals surface area contributed by atoms with E-state index >= 15 is 0 Å². The van der Waals surface area contributed by atoms with Crippen molar-refractivity contribution in [2.45, 2.75) is 0 Å². The van der Waals surface area contributed by atoms with Gasteiger partial charge in [-0.05, 0) is 42.0 Å². The Kier molecular flexibility index (Phi) is 6.73. The first-order valence-corrected chi connectivity index (χ1v) is 12.0. The van der Waals surface area contributed by atoms with Crippen LogP contribution in [0.4, 0.5) is 0 Å². The number of ether oxygens (including phenoxy) is 1. The fourth-order valence-electron chi connectivity index (χ4n) is 3.88. The molecule has 0 unspecified atom stereocenters. The lowest BCUT2D eigenvalue weighted by Crippen LogP contribution is -2.19. The Morgan fingerprint density at radius 2 is 1.56 bits per heavy atom. The zero-order chi connectivity index (χ0) is 24.9. The highest BCUT2D eigenvalue weighted by molar-refractivity contribution is 9.10. The van der Waals surface area contributed by atoms with Gasteiger partial charge in [0.1, 0.15) is 11.4 Å². The summed E-state index contributed by atoms with van der Waals surface area (Å²) in [6.07, 6.45) is 1.45. The summed E-state index contributed by atoms with van der Waals surface area (Å²) in [6, 6.07) is 31.4. The van der Waals surface area contributed by atoms with Gasteiger partial charge in [-0.1, -0.05) is 82.7 Å². The Hall–Kier alpha value is -4.49. The van der Waals surface area contributed by atoms with Crippen molar-refractivity contribution in [1.82, 2.24) is 10.4 Å². The van der Waals surface area contributed by atoms with Crippen LogP contribution >= 0.6 is 15.9 Å². The number of hydrazone groups is 1. The van der Waals surface area contributed by atoms with E-state index in [0.29, 0.717) is 22.6 Å². The van der Waals surface area contributed by atoms with Crippen LogP contribution in [0.25, 0.3) is 22.0 Å². The van der Waals surface area contributed by atoms with Crippen molar-refractivity contribution in [3.05, 3.63) is 124 Å². The van der Waals surface area contributed by atoms with Crippen molar-refractivity contribution in [3.8, 4) is 16.9 Å². The van der Waals surface area contributed by atoms with Crippen molar-refractivity contribution in [1.29, 1.82) is 0 Å². The number of amides is 1. The predicted octanol–water partition coefficient (Wildman–Crippen LogP) is 6.58. The van der Waals surface area contributed by atoms with Crippen LogP contribution in [0.1, 0.15) is 26.4 Å². The molecule has 36 heavy (non-hydrogen) atoms. The standard InChI is InChI=1S/C29H20BrN3O3/c30-22-15-16-25(36-29(35)20-11-5-2-6-12-20)21(17-22)18-31-33-28(34)27-26(19-9-3-1-4-10-19)23-13-7-8-14-24(23)32-27/h1-18,32H,(H,33,34). The van der Waals surface area contributed by atoms with Crippen LogP contribution in [0, 0.1) is 0 Å². The summed E-state index contributed by atoms with van der Waals surface area (Å²) in [7, 11) is 0. The zero-order valence-electron chi connectivity index (χ0n) is 18.9. The molecule has 0 radical (unpaired) electrons. The molecule has 0 saturated carbocycles. The molecule has 0 spiro atoms. The first-order valence-electron chi connectivity index (χ1n) is 11.2. The van der Waals surface area contributed by atoms with E-state index < -0.39 is 5.97 Å².